The van der Waals surface area contributed by atoms with Crippen molar-refractivity contribution in [3.05, 3.63) is 64.7 Å². The quantitative estimate of drug-likeness (QED) is 0.685. The molecule has 3 heteroatoms. The summed E-state index contributed by atoms with van der Waals surface area (Å²) in [5.41, 5.74) is 2.74. The van der Waals surface area contributed by atoms with E-state index < -0.39 is 0 Å². The van der Waals surface area contributed by atoms with Gasteiger partial charge in [0.2, 0.25) is 0 Å². The Kier molecular flexibility index (Phi) is 5.18. The summed E-state index contributed by atoms with van der Waals surface area (Å²) < 4.78 is 26.8. The molecular weight excluding hydrogens is 274 g/mol. The summed E-state index contributed by atoms with van der Waals surface area (Å²) >= 11 is 1.73. The van der Waals surface area contributed by atoms with E-state index in [0.717, 1.165) is 33.8 Å². The number of halogens is 2. The Labute approximate surface area is 123 Å². The van der Waals surface area contributed by atoms with Crippen molar-refractivity contribution in [2.24, 2.45) is 0 Å². The fourth-order valence-electron chi connectivity index (χ4n) is 2.13. The molecule has 0 N–H and O–H groups in total. The maximum Gasteiger partial charge on any atom is 0.126 e. The van der Waals surface area contributed by atoms with Crippen LogP contribution in [0.5, 0.6) is 0 Å². The van der Waals surface area contributed by atoms with Gasteiger partial charge in [0.05, 0.1) is 0 Å². The molecule has 0 radical (unpaired) electrons. The number of hydrogen-bond donors (Lipinski definition) is 0. The first-order valence-corrected chi connectivity index (χ1v) is 7.75. The molecule has 0 saturated heterocycles. The van der Waals surface area contributed by atoms with E-state index in [1.807, 2.05) is 13.0 Å². The van der Waals surface area contributed by atoms with Crippen molar-refractivity contribution in [1.29, 1.82) is 0 Å². The maximum atomic E-state index is 14.0. The third kappa shape index (κ3) is 3.83. The zero-order chi connectivity index (χ0) is 14.5. The fraction of sp³-hybridized carbons (Fsp3) is 0.294. The molecule has 2 rings (SSSR count). The van der Waals surface area contributed by atoms with E-state index in [-0.39, 0.29) is 11.6 Å². The molecule has 0 heterocycles. The highest BCUT2D eigenvalue weighted by molar-refractivity contribution is 7.99. The summed E-state index contributed by atoms with van der Waals surface area (Å²) in [6, 6.07) is 9.95. The SMILES string of the molecule is CCSc1cc(CCc2ccc(F)cc2)c(F)cc1C. The van der Waals surface area contributed by atoms with E-state index in [4.69, 9.17) is 0 Å². The van der Waals surface area contributed by atoms with Gasteiger partial charge in [0.15, 0.2) is 0 Å². The van der Waals surface area contributed by atoms with Gasteiger partial charge in [0, 0.05) is 4.90 Å². The van der Waals surface area contributed by atoms with E-state index in [9.17, 15) is 8.78 Å². The summed E-state index contributed by atoms with van der Waals surface area (Å²) in [6.07, 6.45) is 1.35. The molecule has 2 aromatic carbocycles. The Bertz CT molecular complexity index is 576. The Balaban J connectivity index is 2.12. The first-order chi connectivity index (χ1) is 9.60. The maximum absolute atomic E-state index is 14.0. The number of benzene rings is 2. The first kappa shape index (κ1) is 15.0. The molecular formula is C17H18F2S. The molecule has 0 amide bonds. The van der Waals surface area contributed by atoms with Crippen LogP contribution in [0.2, 0.25) is 0 Å². The highest BCUT2D eigenvalue weighted by Crippen LogP contribution is 2.26. The Morgan fingerprint density at radius 2 is 1.70 bits per heavy atom. The van der Waals surface area contributed by atoms with Crippen LogP contribution in [0.25, 0.3) is 0 Å². The molecule has 2 aromatic rings. The number of hydrogen-bond acceptors (Lipinski definition) is 1. The molecule has 0 bridgehead atoms. The summed E-state index contributed by atoms with van der Waals surface area (Å²) in [5.74, 6) is 0.589. The second-order valence-corrected chi connectivity index (χ2v) is 6.07. The van der Waals surface area contributed by atoms with E-state index in [2.05, 4.69) is 6.92 Å². The minimum atomic E-state index is -0.239. The van der Waals surface area contributed by atoms with Crippen molar-refractivity contribution in [3.8, 4) is 0 Å². The standard InChI is InChI=1S/C17H18F2S/c1-3-20-17-11-14(16(19)10-12(17)2)7-4-13-5-8-15(18)9-6-13/h5-6,8-11H,3-4,7H2,1-2H3. The molecule has 0 nitrogen and oxygen atoms in total. The molecule has 0 aliphatic heterocycles. The summed E-state index contributed by atoms with van der Waals surface area (Å²) in [6.45, 7) is 4.02. The van der Waals surface area contributed by atoms with Crippen molar-refractivity contribution in [2.45, 2.75) is 31.6 Å². The summed E-state index contributed by atoms with van der Waals surface area (Å²) in [5, 5.41) is 0. The topological polar surface area (TPSA) is 0 Å². The fourth-order valence-corrected chi connectivity index (χ4v) is 2.95. The van der Waals surface area contributed by atoms with Crippen molar-refractivity contribution in [1.82, 2.24) is 0 Å². The molecule has 0 fully saturated rings. The lowest BCUT2D eigenvalue weighted by molar-refractivity contribution is 0.605. The molecule has 0 saturated carbocycles. The average Bonchev–Trinajstić information content (AvgIpc) is 2.42. The number of rotatable bonds is 5. The zero-order valence-electron chi connectivity index (χ0n) is 11.7. The van der Waals surface area contributed by atoms with Gasteiger partial charge in [-0.3, -0.25) is 0 Å². The van der Waals surface area contributed by atoms with E-state index in [0.29, 0.717) is 6.42 Å². The zero-order valence-corrected chi connectivity index (χ0v) is 12.6. The van der Waals surface area contributed by atoms with Gasteiger partial charge in [0.25, 0.3) is 0 Å². The van der Waals surface area contributed by atoms with Crippen LogP contribution in [-0.2, 0) is 12.8 Å². The average molecular weight is 292 g/mol. The number of thioether (sulfide) groups is 1. The molecule has 0 spiro atoms. The highest BCUT2D eigenvalue weighted by atomic mass is 32.2. The van der Waals surface area contributed by atoms with Crippen molar-refractivity contribution >= 4 is 11.8 Å². The predicted octanol–water partition coefficient (Wildman–Crippen LogP) is 5.17. The van der Waals surface area contributed by atoms with Crippen LogP contribution in [0, 0.1) is 18.6 Å². The van der Waals surface area contributed by atoms with Gasteiger partial charge in [-0.15, -0.1) is 11.8 Å². The lowest BCUT2D eigenvalue weighted by atomic mass is 10.0. The Morgan fingerprint density at radius 3 is 2.35 bits per heavy atom. The normalized spacial score (nSPS) is 10.8. The first-order valence-electron chi connectivity index (χ1n) is 6.76. The predicted molar refractivity (Wildman–Crippen MR) is 81.3 cm³/mol. The van der Waals surface area contributed by atoms with Gasteiger partial charge in [-0.1, -0.05) is 19.1 Å². The van der Waals surface area contributed by atoms with Crippen LogP contribution in [-0.4, -0.2) is 5.75 Å². The van der Waals surface area contributed by atoms with Gasteiger partial charge < -0.3 is 0 Å². The lowest BCUT2D eigenvalue weighted by Crippen LogP contribution is -1.97. The monoisotopic (exact) mass is 292 g/mol. The van der Waals surface area contributed by atoms with Gasteiger partial charge in [0.1, 0.15) is 11.6 Å². The summed E-state index contributed by atoms with van der Waals surface area (Å²) in [7, 11) is 0. The van der Waals surface area contributed by atoms with Crippen LogP contribution in [0.4, 0.5) is 8.78 Å². The van der Waals surface area contributed by atoms with Crippen LogP contribution in [0.15, 0.2) is 41.3 Å². The summed E-state index contributed by atoms with van der Waals surface area (Å²) in [4.78, 5) is 1.14. The molecule has 20 heavy (non-hydrogen) atoms. The Morgan fingerprint density at radius 1 is 1.00 bits per heavy atom. The second kappa shape index (κ2) is 6.89. The van der Waals surface area contributed by atoms with Gasteiger partial charge >= 0.3 is 0 Å². The molecule has 0 aliphatic rings. The van der Waals surface area contributed by atoms with Crippen LogP contribution >= 0.6 is 11.8 Å². The third-order valence-corrected chi connectivity index (χ3v) is 4.28. The molecule has 0 atom stereocenters. The highest BCUT2D eigenvalue weighted by Gasteiger charge is 2.08. The van der Waals surface area contributed by atoms with E-state index in [1.165, 1.54) is 12.1 Å². The third-order valence-electron chi connectivity index (χ3n) is 3.24. The van der Waals surface area contributed by atoms with Crippen molar-refractivity contribution in [2.75, 3.05) is 5.75 Å². The van der Waals surface area contributed by atoms with Gasteiger partial charge in [-0.05, 0) is 66.5 Å². The lowest BCUT2D eigenvalue weighted by Gasteiger charge is -2.09. The van der Waals surface area contributed by atoms with Crippen molar-refractivity contribution < 1.29 is 8.78 Å². The Hall–Kier alpha value is -1.35. The van der Waals surface area contributed by atoms with Gasteiger partial charge in [-0.2, -0.15) is 0 Å². The molecule has 0 unspecified atom stereocenters. The minimum absolute atomic E-state index is 0.148. The van der Waals surface area contributed by atoms with Crippen molar-refractivity contribution in [3.63, 3.8) is 0 Å². The second-order valence-electron chi connectivity index (χ2n) is 4.77. The van der Waals surface area contributed by atoms with E-state index >= 15 is 0 Å². The van der Waals surface area contributed by atoms with E-state index in [1.54, 1.807) is 30.0 Å². The van der Waals surface area contributed by atoms with Crippen LogP contribution in [0.1, 0.15) is 23.6 Å². The minimum Gasteiger partial charge on any atom is -0.207 e. The molecule has 106 valence electrons. The van der Waals surface area contributed by atoms with Crippen LogP contribution < -0.4 is 0 Å². The van der Waals surface area contributed by atoms with Gasteiger partial charge in [-0.25, -0.2) is 8.78 Å². The van der Waals surface area contributed by atoms with Crippen LogP contribution in [0.3, 0.4) is 0 Å². The largest absolute Gasteiger partial charge is 0.207 e. The molecule has 0 aliphatic carbocycles. The number of aryl methyl sites for hydroxylation is 3. The molecule has 0 aromatic heterocycles. The smallest absolute Gasteiger partial charge is 0.126 e.